The van der Waals surface area contributed by atoms with Crippen molar-refractivity contribution in [3.8, 4) is 5.75 Å². The fourth-order valence-corrected chi connectivity index (χ4v) is 2.57. The van der Waals surface area contributed by atoms with Gasteiger partial charge < -0.3 is 14.7 Å². The number of aryl methyl sites for hydroxylation is 1. The fraction of sp³-hybridized carbons (Fsp3) is 0.353. The first-order valence-electron chi connectivity index (χ1n) is 7.66. The van der Waals surface area contributed by atoms with Crippen LogP contribution < -0.4 is 4.74 Å². The lowest BCUT2D eigenvalue weighted by Crippen LogP contribution is -2.40. The van der Waals surface area contributed by atoms with Crippen molar-refractivity contribution < 1.29 is 19.0 Å². The maximum Gasteiger partial charge on any atom is 0.274 e. The summed E-state index contributed by atoms with van der Waals surface area (Å²) in [4.78, 5) is 13.9. The third-order valence-electron chi connectivity index (χ3n) is 3.96. The van der Waals surface area contributed by atoms with Crippen molar-refractivity contribution in [2.45, 2.75) is 18.9 Å². The number of hydrogen-bond acceptors (Lipinski definition) is 5. The van der Waals surface area contributed by atoms with Crippen molar-refractivity contribution in [2.24, 2.45) is 0 Å². The molecule has 6 nitrogen and oxygen atoms in total. The Hall–Kier alpha value is -2.54. The van der Waals surface area contributed by atoms with E-state index in [9.17, 15) is 14.3 Å². The third-order valence-corrected chi connectivity index (χ3v) is 3.96. The van der Waals surface area contributed by atoms with Gasteiger partial charge in [-0.25, -0.2) is 4.39 Å². The van der Waals surface area contributed by atoms with Crippen LogP contribution in [-0.4, -0.2) is 51.4 Å². The molecule has 0 unspecified atom stereocenters. The molecule has 7 heteroatoms. The number of benzene rings is 1. The molecule has 3 rings (SSSR count). The first-order valence-corrected chi connectivity index (χ1v) is 7.66. The van der Waals surface area contributed by atoms with E-state index in [0.29, 0.717) is 18.7 Å². The van der Waals surface area contributed by atoms with Gasteiger partial charge in [0.1, 0.15) is 23.8 Å². The smallest absolute Gasteiger partial charge is 0.274 e. The summed E-state index contributed by atoms with van der Waals surface area (Å²) in [6.07, 6.45) is 0.402. The lowest BCUT2D eigenvalue weighted by molar-refractivity contribution is 0.00422. The van der Waals surface area contributed by atoms with E-state index in [1.165, 1.54) is 29.2 Å². The van der Waals surface area contributed by atoms with E-state index < -0.39 is 5.60 Å². The standard InChI is InChI=1S/C17H18FN3O3/c1-12-2-7-15(20-19-12)16(22)21-9-8-17(23,10-21)11-24-14-5-3-13(18)4-6-14/h2-7,23H,8-11H2,1H3/t17-/m0/s1. The molecule has 1 aromatic heterocycles. The van der Waals surface area contributed by atoms with Crippen molar-refractivity contribution >= 4 is 5.91 Å². The zero-order valence-electron chi connectivity index (χ0n) is 13.3. The minimum atomic E-state index is -1.14. The highest BCUT2D eigenvalue weighted by atomic mass is 19.1. The molecule has 2 aromatic rings. The number of likely N-dealkylation sites (tertiary alicyclic amines) is 1. The Balaban J connectivity index is 1.59. The first-order chi connectivity index (χ1) is 11.5. The SMILES string of the molecule is Cc1ccc(C(=O)N2CC[C@@](O)(COc3ccc(F)cc3)C2)nn1. The molecule has 0 radical (unpaired) electrons. The van der Waals surface area contributed by atoms with Crippen LogP contribution in [0.1, 0.15) is 22.6 Å². The highest BCUT2D eigenvalue weighted by molar-refractivity contribution is 5.92. The van der Waals surface area contributed by atoms with Crippen LogP contribution in [0.5, 0.6) is 5.75 Å². The Morgan fingerprint density at radius 1 is 1.29 bits per heavy atom. The number of rotatable bonds is 4. The van der Waals surface area contributed by atoms with Crippen LogP contribution in [0.3, 0.4) is 0 Å². The molecule has 1 atom stereocenters. The van der Waals surface area contributed by atoms with Gasteiger partial charge in [0.15, 0.2) is 5.69 Å². The maximum atomic E-state index is 12.9. The van der Waals surface area contributed by atoms with E-state index in [1.54, 1.807) is 19.1 Å². The largest absolute Gasteiger partial charge is 0.491 e. The quantitative estimate of drug-likeness (QED) is 0.920. The van der Waals surface area contributed by atoms with Crippen LogP contribution in [0, 0.1) is 12.7 Å². The summed E-state index contributed by atoms with van der Waals surface area (Å²) in [5, 5.41) is 18.3. The Labute approximate surface area is 138 Å². The Kier molecular flexibility index (Phi) is 4.44. The predicted octanol–water partition coefficient (Wildman–Crippen LogP) is 1.58. The summed E-state index contributed by atoms with van der Waals surface area (Å²) in [5.41, 5.74) is -0.149. The first kappa shape index (κ1) is 16.3. The molecule has 0 aliphatic carbocycles. The highest BCUT2D eigenvalue weighted by Crippen LogP contribution is 2.24. The molecule has 1 fully saturated rings. The number of nitrogens with zero attached hydrogens (tertiary/aromatic N) is 3. The van der Waals surface area contributed by atoms with Gasteiger partial charge in [0.2, 0.25) is 0 Å². The summed E-state index contributed by atoms with van der Waals surface area (Å²) in [5.74, 6) is -0.142. The zero-order chi connectivity index (χ0) is 17.2. The predicted molar refractivity (Wildman–Crippen MR) is 84.1 cm³/mol. The van der Waals surface area contributed by atoms with E-state index in [4.69, 9.17) is 4.74 Å². The Morgan fingerprint density at radius 2 is 2.04 bits per heavy atom. The number of ether oxygens (including phenoxy) is 1. The van der Waals surface area contributed by atoms with Crippen molar-refractivity contribution in [3.63, 3.8) is 0 Å². The van der Waals surface area contributed by atoms with E-state index in [1.807, 2.05) is 0 Å². The van der Waals surface area contributed by atoms with Gasteiger partial charge in [-0.15, -0.1) is 5.10 Å². The van der Waals surface area contributed by atoms with Gasteiger partial charge in [-0.05, 0) is 49.7 Å². The second kappa shape index (κ2) is 6.52. The van der Waals surface area contributed by atoms with Gasteiger partial charge in [0.05, 0.1) is 12.2 Å². The highest BCUT2D eigenvalue weighted by Gasteiger charge is 2.39. The van der Waals surface area contributed by atoms with Crippen LogP contribution >= 0.6 is 0 Å². The molecule has 24 heavy (non-hydrogen) atoms. The molecule has 1 amide bonds. The van der Waals surface area contributed by atoms with E-state index in [0.717, 1.165) is 5.69 Å². The Bertz CT molecular complexity index is 721. The van der Waals surface area contributed by atoms with Gasteiger partial charge in [-0.1, -0.05) is 0 Å². The molecule has 0 saturated carbocycles. The second-order valence-electron chi connectivity index (χ2n) is 6.00. The van der Waals surface area contributed by atoms with Crippen LogP contribution in [0.4, 0.5) is 4.39 Å². The molecule has 1 N–H and O–H groups in total. The summed E-state index contributed by atoms with van der Waals surface area (Å²) >= 11 is 0. The Morgan fingerprint density at radius 3 is 2.71 bits per heavy atom. The van der Waals surface area contributed by atoms with Crippen LogP contribution in [-0.2, 0) is 0 Å². The molecule has 126 valence electrons. The fourth-order valence-electron chi connectivity index (χ4n) is 2.57. The third kappa shape index (κ3) is 3.68. The van der Waals surface area contributed by atoms with Crippen LogP contribution in [0.25, 0.3) is 0 Å². The molecular formula is C17H18FN3O3. The lowest BCUT2D eigenvalue weighted by atomic mass is 10.1. The number of carbonyl (C=O) groups excluding carboxylic acids is 1. The number of β-amino-alcohol motifs (C(OH)–C–C–N with tert-alkyl or cyclic N) is 1. The molecule has 1 aliphatic rings. The molecule has 1 aliphatic heterocycles. The molecule has 2 heterocycles. The lowest BCUT2D eigenvalue weighted by Gasteiger charge is -2.23. The van der Waals surface area contributed by atoms with Gasteiger partial charge in [0, 0.05) is 6.54 Å². The van der Waals surface area contributed by atoms with Gasteiger partial charge >= 0.3 is 0 Å². The summed E-state index contributed by atoms with van der Waals surface area (Å²) < 4.78 is 18.4. The number of hydrogen-bond donors (Lipinski definition) is 1. The van der Waals surface area contributed by atoms with Crippen LogP contribution in [0.2, 0.25) is 0 Å². The minimum Gasteiger partial charge on any atom is -0.491 e. The number of aliphatic hydroxyl groups is 1. The summed E-state index contributed by atoms with van der Waals surface area (Å²) in [6.45, 7) is 2.39. The van der Waals surface area contributed by atoms with Crippen molar-refractivity contribution in [1.29, 1.82) is 0 Å². The topological polar surface area (TPSA) is 75.6 Å². The number of halogens is 1. The molecule has 1 saturated heterocycles. The zero-order valence-corrected chi connectivity index (χ0v) is 13.3. The maximum absolute atomic E-state index is 12.9. The van der Waals surface area contributed by atoms with E-state index in [-0.39, 0.29) is 30.6 Å². The van der Waals surface area contributed by atoms with Crippen molar-refractivity contribution in [3.05, 3.63) is 53.6 Å². The molecule has 0 spiro atoms. The van der Waals surface area contributed by atoms with Crippen molar-refractivity contribution in [2.75, 3.05) is 19.7 Å². The second-order valence-corrected chi connectivity index (χ2v) is 6.00. The van der Waals surface area contributed by atoms with Gasteiger partial charge in [-0.3, -0.25) is 4.79 Å². The van der Waals surface area contributed by atoms with E-state index >= 15 is 0 Å². The van der Waals surface area contributed by atoms with Gasteiger partial charge in [-0.2, -0.15) is 5.10 Å². The molecule has 1 aromatic carbocycles. The molecular weight excluding hydrogens is 313 g/mol. The number of aromatic nitrogens is 2. The number of amides is 1. The number of carbonyl (C=O) groups is 1. The monoisotopic (exact) mass is 331 g/mol. The van der Waals surface area contributed by atoms with Gasteiger partial charge in [0.25, 0.3) is 5.91 Å². The minimum absolute atomic E-state index is 0.0298. The summed E-state index contributed by atoms with van der Waals surface area (Å²) in [6, 6.07) is 8.92. The van der Waals surface area contributed by atoms with E-state index in [2.05, 4.69) is 10.2 Å². The average molecular weight is 331 g/mol. The normalized spacial score (nSPS) is 20.2. The van der Waals surface area contributed by atoms with Crippen LogP contribution in [0.15, 0.2) is 36.4 Å². The summed E-state index contributed by atoms with van der Waals surface area (Å²) in [7, 11) is 0. The van der Waals surface area contributed by atoms with Crippen molar-refractivity contribution in [1.82, 2.24) is 15.1 Å². The molecule has 0 bridgehead atoms. The average Bonchev–Trinajstić information content (AvgIpc) is 2.97.